The third kappa shape index (κ3) is 3.83. The molecule has 4 heteroatoms. The molecule has 1 rings (SSSR count). The van der Waals surface area contributed by atoms with Crippen LogP contribution in [0.15, 0.2) is 38.7 Å². The predicted octanol–water partition coefficient (Wildman–Crippen LogP) is 2.59. The Morgan fingerprint density at radius 3 is 2.40 bits per heavy atom. The molecule has 0 aliphatic carbocycles. The fourth-order valence-corrected chi connectivity index (χ4v) is 1.36. The standard InChI is InChI=1S/C11H14BrN3/c1-8(2)15-11(14-7-13)9-3-5-10(12)6-4-9/h3-8H,1-2H3,(H2,13,14,15). The van der Waals surface area contributed by atoms with Crippen LogP contribution in [-0.2, 0) is 0 Å². The molecule has 0 saturated carbocycles. The van der Waals surface area contributed by atoms with Gasteiger partial charge in [0.2, 0.25) is 0 Å². The second kappa shape index (κ2) is 5.66. The fourth-order valence-electron chi connectivity index (χ4n) is 1.10. The van der Waals surface area contributed by atoms with E-state index in [0.717, 1.165) is 10.0 Å². The van der Waals surface area contributed by atoms with Crippen LogP contribution in [0.2, 0.25) is 0 Å². The summed E-state index contributed by atoms with van der Waals surface area (Å²) in [5.41, 5.74) is 6.26. The molecule has 3 nitrogen and oxygen atoms in total. The quantitative estimate of drug-likeness (QED) is 0.650. The van der Waals surface area contributed by atoms with Gasteiger partial charge in [-0.05, 0) is 26.0 Å². The van der Waals surface area contributed by atoms with Gasteiger partial charge in [-0.1, -0.05) is 28.1 Å². The van der Waals surface area contributed by atoms with Crippen LogP contribution in [0.3, 0.4) is 0 Å². The Morgan fingerprint density at radius 2 is 1.93 bits per heavy atom. The lowest BCUT2D eigenvalue weighted by molar-refractivity contribution is 0.834. The van der Waals surface area contributed by atoms with Gasteiger partial charge in [-0.25, -0.2) is 4.99 Å². The van der Waals surface area contributed by atoms with Crippen molar-refractivity contribution in [3.63, 3.8) is 0 Å². The maximum atomic E-state index is 5.29. The van der Waals surface area contributed by atoms with Crippen LogP contribution in [0.4, 0.5) is 0 Å². The van der Waals surface area contributed by atoms with Gasteiger partial charge in [0.1, 0.15) is 0 Å². The van der Waals surface area contributed by atoms with E-state index in [1.807, 2.05) is 38.1 Å². The molecule has 0 bridgehead atoms. The highest BCUT2D eigenvalue weighted by atomic mass is 79.9. The Morgan fingerprint density at radius 1 is 1.33 bits per heavy atom. The number of benzene rings is 1. The second-order valence-electron chi connectivity index (χ2n) is 3.33. The van der Waals surface area contributed by atoms with Crippen LogP contribution in [0.1, 0.15) is 19.4 Å². The molecule has 0 atom stereocenters. The average Bonchev–Trinajstić information content (AvgIpc) is 2.17. The molecule has 0 amide bonds. The van der Waals surface area contributed by atoms with Crippen molar-refractivity contribution in [2.45, 2.75) is 19.9 Å². The number of nitrogens with two attached hydrogens (primary N) is 1. The largest absolute Gasteiger partial charge is 0.390 e. The minimum Gasteiger partial charge on any atom is -0.390 e. The van der Waals surface area contributed by atoms with Gasteiger partial charge < -0.3 is 5.73 Å². The minimum absolute atomic E-state index is 0.201. The first kappa shape index (κ1) is 11.9. The number of hydrogen-bond acceptors (Lipinski definition) is 1. The smallest absolute Gasteiger partial charge is 0.156 e. The topological polar surface area (TPSA) is 50.7 Å². The molecule has 0 aliphatic rings. The van der Waals surface area contributed by atoms with Crippen molar-refractivity contribution in [2.24, 2.45) is 15.7 Å². The first-order chi connectivity index (χ1) is 7.13. The minimum atomic E-state index is 0.201. The third-order valence-electron chi connectivity index (χ3n) is 1.68. The summed E-state index contributed by atoms with van der Waals surface area (Å²) < 4.78 is 1.03. The summed E-state index contributed by atoms with van der Waals surface area (Å²) >= 11 is 3.38. The van der Waals surface area contributed by atoms with Crippen molar-refractivity contribution >= 4 is 28.1 Å². The summed E-state index contributed by atoms with van der Waals surface area (Å²) in [5, 5.41) is 0. The molecule has 0 aliphatic heterocycles. The maximum absolute atomic E-state index is 5.29. The third-order valence-corrected chi connectivity index (χ3v) is 2.21. The zero-order valence-corrected chi connectivity index (χ0v) is 10.4. The summed E-state index contributed by atoms with van der Waals surface area (Å²) in [6, 6.07) is 8.03. The van der Waals surface area contributed by atoms with Crippen molar-refractivity contribution < 1.29 is 0 Å². The Balaban J connectivity index is 3.04. The second-order valence-corrected chi connectivity index (χ2v) is 4.25. The first-order valence-electron chi connectivity index (χ1n) is 4.71. The van der Waals surface area contributed by atoms with E-state index in [4.69, 9.17) is 5.73 Å². The summed E-state index contributed by atoms with van der Waals surface area (Å²) in [6.07, 6.45) is 1.27. The van der Waals surface area contributed by atoms with E-state index in [1.54, 1.807) is 0 Å². The predicted molar refractivity (Wildman–Crippen MR) is 68.5 cm³/mol. The normalized spacial score (nSPS) is 12.7. The van der Waals surface area contributed by atoms with Crippen LogP contribution in [0.5, 0.6) is 0 Å². The van der Waals surface area contributed by atoms with E-state index in [9.17, 15) is 0 Å². The monoisotopic (exact) mass is 267 g/mol. The summed E-state index contributed by atoms with van der Waals surface area (Å²) in [6.45, 7) is 4.01. The van der Waals surface area contributed by atoms with Gasteiger partial charge in [0.05, 0.1) is 6.34 Å². The maximum Gasteiger partial charge on any atom is 0.156 e. The van der Waals surface area contributed by atoms with Gasteiger partial charge in [0.15, 0.2) is 5.84 Å². The molecule has 0 heterocycles. The SMILES string of the molecule is CC(C)N=C(N=CN)c1ccc(Br)cc1. The van der Waals surface area contributed by atoms with Gasteiger partial charge in [-0.2, -0.15) is 0 Å². The van der Waals surface area contributed by atoms with Gasteiger partial charge >= 0.3 is 0 Å². The van der Waals surface area contributed by atoms with Gasteiger partial charge in [0, 0.05) is 16.1 Å². The van der Waals surface area contributed by atoms with Gasteiger partial charge in [-0.15, -0.1) is 0 Å². The molecule has 0 aromatic heterocycles. The average molecular weight is 268 g/mol. The number of rotatable bonds is 2. The Hall–Kier alpha value is -1.16. The van der Waals surface area contributed by atoms with Crippen molar-refractivity contribution in [2.75, 3.05) is 0 Å². The van der Waals surface area contributed by atoms with E-state index in [0.29, 0.717) is 5.84 Å². The van der Waals surface area contributed by atoms with E-state index in [-0.39, 0.29) is 6.04 Å². The highest BCUT2D eigenvalue weighted by Crippen LogP contribution is 2.12. The first-order valence-corrected chi connectivity index (χ1v) is 5.50. The highest BCUT2D eigenvalue weighted by Gasteiger charge is 2.01. The van der Waals surface area contributed by atoms with E-state index >= 15 is 0 Å². The lowest BCUT2D eigenvalue weighted by Gasteiger charge is -2.03. The van der Waals surface area contributed by atoms with Crippen LogP contribution in [-0.4, -0.2) is 18.2 Å². The fraction of sp³-hybridized carbons (Fsp3) is 0.273. The number of amidine groups is 1. The van der Waals surface area contributed by atoms with Gasteiger partial charge in [0.25, 0.3) is 0 Å². The molecule has 15 heavy (non-hydrogen) atoms. The van der Waals surface area contributed by atoms with Crippen LogP contribution in [0.25, 0.3) is 0 Å². The molecule has 80 valence electrons. The lowest BCUT2D eigenvalue weighted by Crippen LogP contribution is -2.04. The summed E-state index contributed by atoms with van der Waals surface area (Å²) in [7, 11) is 0. The Bertz CT molecular complexity index is 366. The van der Waals surface area contributed by atoms with Crippen LogP contribution < -0.4 is 5.73 Å². The van der Waals surface area contributed by atoms with Gasteiger partial charge in [-0.3, -0.25) is 4.99 Å². The number of hydrogen-bond donors (Lipinski definition) is 1. The zero-order valence-electron chi connectivity index (χ0n) is 8.81. The van der Waals surface area contributed by atoms with E-state index < -0.39 is 0 Å². The highest BCUT2D eigenvalue weighted by molar-refractivity contribution is 9.10. The number of nitrogens with zero attached hydrogens (tertiary/aromatic N) is 2. The molecular formula is C11H14BrN3. The van der Waals surface area contributed by atoms with Crippen LogP contribution >= 0.6 is 15.9 Å². The van der Waals surface area contributed by atoms with Crippen molar-refractivity contribution in [3.05, 3.63) is 34.3 Å². The molecule has 0 saturated heterocycles. The summed E-state index contributed by atoms with van der Waals surface area (Å²) in [4.78, 5) is 8.44. The number of aliphatic imine (C=N–C) groups is 2. The molecule has 1 aromatic carbocycles. The van der Waals surface area contributed by atoms with E-state index in [1.165, 1.54) is 6.34 Å². The molecule has 0 unspecified atom stereocenters. The molecule has 2 N–H and O–H groups in total. The lowest BCUT2D eigenvalue weighted by atomic mass is 10.2. The molecule has 0 spiro atoms. The van der Waals surface area contributed by atoms with Crippen molar-refractivity contribution in [3.8, 4) is 0 Å². The zero-order chi connectivity index (χ0) is 11.3. The molecule has 0 radical (unpaired) electrons. The molecule has 1 aromatic rings. The Kier molecular flexibility index (Phi) is 4.49. The van der Waals surface area contributed by atoms with Crippen molar-refractivity contribution in [1.29, 1.82) is 0 Å². The van der Waals surface area contributed by atoms with Crippen molar-refractivity contribution in [1.82, 2.24) is 0 Å². The molecular weight excluding hydrogens is 254 g/mol. The molecule has 0 fully saturated rings. The summed E-state index contributed by atoms with van der Waals surface area (Å²) in [5.74, 6) is 0.667. The van der Waals surface area contributed by atoms with Crippen LogP contribution in [0, 0.1) is 0 Å². The Labute approximate surface area is 98.3 Å². The number of halogens is 1. The van der Waals surface area contributed by atoms with E-state index in [2.05, 4.69) is 25.9 Å².